The third kappa shape index (κ3) is 2.16. The van der Waals surface area contributed by atoms with Crippen LogP contribution in [0.2, 0.25) is 0 Å². The van der Waals surface area contributed by atoms with Gasteiger partial charge in [-0.25, -0.2) is 14.8 Å². The Balaban J connectivity index is 2.86. The summed E-state index contributed by atoms with van der Waals surface area (Å²) >= 11 is 4.96. The normalized spacial score (nSPS) is 9.27. The summed E-state index contributed by atoms with van der Waals surface area (Å²) in [6.45, 7) is 1.72. The van der Waals surface area contributed by atoms with Gasteiger partial charge in [0, 0.05) is 23.4 Å². The van der Waals surface area contributed by atoms with Crippen molar-refractivity contribution < 1.29 is 9.53 Å². The molecule has 0 bridgehead atoms. The van der Waals surface area contributed by atoms with Gasteiger partial charge < -0.3 is 4.74 Å². The fraction of sp³-hybridized carbons (Fsp3) is 0.167. The molecule has 0 spiro atoms. The third-order valence-electron chi connectivity index (χ3n) is 1.02. The monoisotopic (exact) mass is 172 g/mol. The van der Waals surface area contributed by atoms with Crippen molar-refractivity contribution in [1.82, 2.24) is 9.97 Å². The zero-order valence-electron chi connectivity index (χ0n) is 5.74. The van der Waals surface area contributed by atoms with Crippen molar-refractivity contribution in [1.29, 1.82) is 0 Å². The molecule has 0 aliphatic carbocycles. The number of aryl methyl sites for hydroxylation is 1. The van der Waals surface area contributed by atoms with Crippen LogP contribution in [0.4, 0.5) is 4.79 Å². The molecule has 58 valence electrons. The highest BCUT2D eigenvalue weighted by molar-refractivity contribution is 6.61. The van der Waals surface area contributed by atoms with Crippen molar-refractivity contribution in [3.05, 3.63) is 18.1 Å². The predicted octanol–water partition coefficient (Wildman–Crippen LogP) is 1.52. The lowest BCUT2D eigenvalue weighted by Crippen LogP contribution is -2.00. The van der Waals surface area contributed by atoms with Crippen molar-refractivity contribution in [3.8, 4) is 5.88 Å². The van der Waals surface area contributed by atoms with E-state index in [-0.39, 0.29) is 5.88 Å². The first-order valence-electron chi connectivity index (χ1n) is 2.84. The van der Waals surface area contributed by atoms with Crippen LogP contribution < -0.4 is 4.74 Å². The molecule has 0 atom stereocenters. The Labute approximate surface area is 68.2 Å². The van der Waals surface area contributed by atoms with Gasteiger partial charge >= 0.3 is 5.43 Å². The maximum absolute atomic E-state index is 10.2. The summed E-state index contributed by atoms with van der Waals surface area (Å²) in [5.74, 6) is 0.194. The van der Waals surface area contributed by atoms with Crippen molar-refractivity contribution in [3.63, 3.8) is 0 Å². The highest BCUT2D eigenvalue weighted by atomic mass is 35.5. The van der Waals surface area contributed by atoms with Gasteiger partial charge in [0.1, 0.15) is 6.33 Å². The van der Waals surface area contributed by atoms with Gasteiger partial charge in [-0.15, -0.1) is 0 Å². The molecule has 0 fully saturated rings. The molecule has 11 heavy (non-hydrogen) atoms. The van der Waals surface area contributed by atoms with Crippen molar-refractivity contribution >= 4 is 17.0 Å². The highest BCUT2D eigenvalue weighted by Crippen LogP contribution is 2.11. The summed E-state index contributed by atoms with van der Waals surface area (Å²) in [7, 11) is 0. The minimum atomic E-state index is -0.896. The van der Waals surface area contributed by atoms with E-state index in [2.05, 4.69) is 14.7 Å². The lowest BCUT2D eigenvalue weighted by molar-refractivity contribution is 0.223. The predicted molar refractivity (Wildman–Crippen MR) is 38.6 cm³/mol. The second-order valence-electron chi connectivity index (χ2n) is 1.85. The van der Waals surface area contributed by atoms with Crippen LogP contribution in [0.3, 0.4) is 0 Å². The molecule has 0 saturated carbocycles. The van der Waals surface area contributed by atoms with Crippen LogP contribution in [0.25, 0.3) is 0 Å². The van der Waals surface area contributed by atoms with Gasteiger partial charge in [-0.1, -0.05) is 0 Å². The smallest absolute Gasteiger partial charge is 0.395 e. The minimum absolute atomic E-state index is 0.194. The largest absolute Gasteiger partial charge is 0.410 e. The SMILES string of the molecule is Cc1cncnc1OC(=O)Cl. The number of nitrogens with zero attached hydrogens (tertiary/aromatic N) is 2. The number of rotatable bonds is 1. The van der Waals surface area contributed by atoms with E-state index in [1.165, 1.54) is 12.5 Å². The molecule has 0 N–H and O–H groups in total. The number of halogens is 1. The average Bonchev–Trinajstić information content (AvgIpc) is 1.93. The summed E-state index contributed by atoms with van der Waals surface area (Å²) in [4.78, 5) is 17.6. The van der Waals surface area contributed by atoms with Gasteiger partial charge in [-0.3, -0.25) is 0 Å². The van der Waals surface area contributed by atoms with E-state index in [9.17, 15) is 4.79 Å². The Morgan fingerprint density at radius 1 is 1.73 bits per heavy atom. The zero-order valence-corrected chi connectivity index (χ0v) is 6.50. The summed E-state index contributed by atoms with van der Waals surface area (Å²) in [5, 5.41) is 0. The van der Waals surface area contributed by atoms with E-state index in [1.807, 2.05) is 0 Å². The molecule has 0 aromatic carbocycles. The Kier molecular flexibility index (Phi) is 2.38. The first kappa shape index (κ1) is 7.94. The second kappa shape index (κ2) is 3.30. The minimum Gasteiger partial charge on any atom is -0.395 e. The quantitative estimate of drug-likeness (QED) is 0.603. The first-order chi connectivity index (χ1) is 5.20. The fourth-order valence-corrected chi connectivity index (χ4v) is 0.644. The lowest BCUT2D eigenvalue weighted by atomic mass is 10.4. The lowest BCUT2D eigenvalue weighted by Gasteiger charge is -1.99. The van der Waals surface area contributed by atoms with Crippen LogP contribution in [0, 0.1) is 6.92 Å². The van der Waals surface area contributed by atoms with E-state index in [4.69, 9.17) is 11.6 Å². The summed E-state index contributed by atoms with van der Waals surface area (Å²) in [5.41, 5.74) is -0.228. The topological polar surface area (TPSA) is 52.1 Å². The third-order valence-corrected chi connectivity index (χ3v) is 1.10. The maximum Gasteiger partial charge on any atom is 0.410 e. The van der Waals surface area contributed by atoms with Crippen LogP contribution in [0.1, 0.15) is 5.56 Å². The molecule has 0 aliphatic rings. The Morgan fingerprint density at radius 3 is 3.00 bits per heavy atom. The molecular formula is C6H5ClN2O2. The molecule has 0 radical (unpaired) electrons. The maximum atomic E-state index is 10.2. The van der Waals surface area contributed by atoms with Crippen molar-refractivity contribution in [2.75, 3.05) is 0 Å². The Bertz CT molecular complexity index is 277. The van der Waals surface area contributed by atoms with Crippen LogP contribution in [0.5, 0.6) is 5.88 Å². The standard InChI is InChI=1S/C6H5ClN2O2/c1-4-2-8-3-9-5(4)11-6(7)10/h2-3H,1H3. The number of aromatic nitrogens is 2. The van der Waals surface area contributed by atoms with Crippen LogP contribution in [-0.4, -0.2) is 15.4 Å². The number of hydrogen-bond acceptors (Lipinski definition) is 4. The molecule has 0 saturated heterocycles. The number of hydrogen-bond donors (Lipinski definition) is 0. The summed E-state index contributed by atoms with van der Waals surface area (Å²) in [6, 6.07) is 0. The average molecular weight is 173 g/mol. The fourth-order valence-electron chi connectivity index (χ4n) is 0.571. The van der Waals surface area contributed by atoms with E-state index >= 15 is 0 Å². The molecule has 1 aromatic heterocycles. The molecular weight excluding hydrogens is 168 g/mol. The molecule has 0 unspecified atom stereocenters. The number of carbonyl (C=O) groups is 1. The van der Waals surface area contributed by atoms with Gasteiger partial charge in [0.05, 0.1) is 0 Å². The van der Waals surface area contributed by atoms with E-state index in [1.54, 1.807) is 6.92 Å². The first-order valence-corrected chi connectivity index (χ1v) is 3.22. The van der Waals surface area contributed by atoms with Crippen LogP contribution in [0.15, 0.2) is 12.5 Å². The molecule has 0 amide bonds. The highest BCUT2D eigenvalue weighted by Gasteiger charge is 2.03. The second-order valence-corrected chi connectivity index (χ2v) is 2.16. The van der Waals surface area contributed by atoms with E-state index < -0.39 is 5.43 Å². The zero-order chi connectivity index (χ0) is 8.27. The van der Waals surface area contributed by atoms with Crippen molar-refractivity contribution in [2.45, 2.75) is 6.92 Å². The Morgan fingerprint density at radius 2 is 2.45 bits per heavy atom. The van der Waals surface area contributed by atoms with Gasteiger partial charge in [0.25, 0.3) is 0 Å². The number of ether oxygens (including phenoxy) is 1. The van der Waals surface area contributed by atoms with Crippen LogP contribution in [-0.2, 0) is 0 Å². The van der Waals surface area contributed by atoms with Gasteiger partial charge in [-0.05, 0) is 6.92 Å². The van der Waals surface area contributed by atoms with Crippen molar-refractivity contribution in [2.24, 2.45) is 0 Å². The van der Waals surface area contributed by atoms with E-state index in [0.717, 1.165) is 0 Å². The molecule has 5 heteroatoms. The molecule has 1 rings (SSSR count). The molecule has 4 nitrogen and oxygen atoms in total. The van der Waals surface area contributed by atoms with Gasteiger partial charge in [-0.2, -0.15) is 0 Å². The van der Waals surface area contributed by atoms with E-state index in [0.29, 0.717) is 5.56 Å². The summed E-state index contributed by atoms with van der Waals surface area (Å²) < 4.78 is 4.52. The summed E-state index contributed by atoms with van der Waals surface area (Å²) in [6.07, 6.45) is 2.81. The molecule has 1 heterocycles. The molecule has 0 aliphatic heterocycles. The molecule has 1 aromatic rings. The van der Waals surface area contributed by atoms with Crippen LogP contribution >= 0.6 is 11.6 Å². The Hall–Kier alpha value is -1.16. The van der Waals surface area contributed by atoms with Gasteiger partial charge in [0.15, 0.2) is 0 Å². The van der Waals surface area contributed by atoms with Gasteiger partial charge in [0.2, 0.25) is 5.88 Å². The number of carbonyl (C=O) groups excluding carboxylic acids is 1.